The van der Waals surface area contributed by atoms with E-state index < -0.39 is 38.5 Å². The minimum atomic E-state index is -4.78. The summed E-state index contributed by atoms with van der Waals surface area (Å²) in [5, 5.41) is 17.2. The van der Waals surface area contributed by atoms with Crippen molar-refractivity contribution >= 4 is 55.2 Å². The Morgan fingerprint density at radius 3 is 2.46 bits per heavy atom. The van der Waals surface area contributed by atoms with E-state index in [9.17, 15) is 14.9 Å². The number of carbonyl (C=O) groups excluding carboxylic acids is 1. The van der Waals surface area contributed by atoms with Gasteiger partial charge in [-0.1, -0.05) is 24.3 Å². The van der Waals surface area contributed by atoms with Crippen LogP contribution in [-0.2, 0) is 24.0 Å². The van der Waals surface area contributed by atoms with Crippen molar-refractivity contribution in [2.45, 2.75) is 111 Å². The number of fused-ring (bicyclic) bond motifs is 4. The van der Waals surface area contributed by atoms with E-state index in [4.69, 9.17) is 34.4 Å². The fourth-order valence-electron chi connectivity index (χ4n) is 14.1. The Balaban J connectivity index is 0.876. The number of sulfone groups is 1. The number of anilines is 4. The third kappa shape index (κ3) is 8.72. The fourth-order valence-corrected chi connectivity index (χ4v) is 15.8. The number of nitro groups is 1. The standard InChI is InChI=1S/C56H67N9O10S/c1-34-5-2-3-7-40(34)47-30-62(37-6-4-21-72-31-37)19-20-63(47)38-28-56(29-38)14-17-61(18-15-56)44-9-8-41(53(57)66)51(64-43-13-24-73-33-49(43)75-55-46(64)25-36-10-16-58-54(36)60-55)52(44)76(69,70)39-26-45(65(67)68)50-48(27-39)74-32-42(59-50)35-11-22-71-23-12-35/h2-3,5,7-10,16,25-27,35,37-38,42-43,47,49,59H,4,6,11-15,17-24,28-33H2,1H3,(H2,57,66)(H,58,60)/t37-,42-,43-,47-,49-/m0/s1. The van der Waals surface area contributed by atoms with Crippen molar-refractivity contribution in [1.82, 2.24) is 19.8 Å². The molecule has 1 aliphatic carbocycles. The summed E-state index contributed by atoms with van der Waals surface area (Å²) in [7, 11) is -4.78. The van der Waals surface area contributed by atoms with E-state index in [0.29, 0.717) is 68.4 Å². The van der Waals surface area contributed by atoms with E-state index in [2.05, 4.69) is 56.2 Å². The number of aryl methyl sites for hydroxylation is 1. The first-order chi connectivity index (χ1) is 36.9. The summed E-state index contributed by atoms with van der Waals surface area (Å²) in [6.07, 6.45) is 9.16. The molecular formula is C56H67N9O10S. The van der Waals surface area contributed by atoms with Gasteiger partial charge >= 0.3 is 0 Å². The third-order valence-corrected chi connectivity index (χ3v) is 20.1. The molecule has 5 saturated heterocycles. The molecule has 5 aromatic rings. The second-order valence-corrected chi connectivity index (χ2v) is 24.4. The number of nitrogens with two attached hydrogens (primary N) is 1. The van der Waals surface area contributed by atoms with Gasteiger partial charge in [-0.3, -0.25) is 24.7 Å². The molecule has 0 radical (unpaired) electrons. The van der Waals surface area contributed by atoms with Crippen molar-refractivity contribution in [3.63, 3.8) is 0 Å². The van der Waals surface area contributed by atoms with Gasteiger partial charge < -0.3 is 49.5 Å². The van der Waals surface area contributed by atoms with Crippen LogP contribution in [0, 0.1) is 28.4 Å². The second-order valence-electron chi connectivity index (χ2n) is 22.5. The van der Waals surface area contributed by atoms with Gasteiger partial charge in [-0.2, -0.15) is 4.98 Å². The van der Waals surface area contributed by atoms with Crippen LogP contribution in [0.5, 0.6) is 11.6 Å². The maximum atomic E-state index is 16.2. The van der Waals surface area contributed by atoms with Gasteiger partial charge in [0.05, 0.1) is 52.1 Å². The quantitative estimate of drug-likeness (QED) is 0.0924. The van der Waals surface area contributed by atoms with Gasteiger partial charge in [-0.05, 0) is 111 Å². The monoisotopic (exact) mass is 1060 g/mol. The fraction of sp³-hybridized carbons (Fsp3) is 0.536. The number of rotatable bonds is 10. The zero-order valence-corrected chi connectivity index (χ0v) is 43.8. The second kappa shape index (κ2) is 19.8. The van der Waals surface area contributed by atoms with Crippen LogP contribution in [-0.4, -0.2) is 148 Å². The number of amides is 1. The Morgan fingerprint density at radius 2 is 1.68 bits per heavy atom. The number of nitrogens with one attached hydrogen (secondary N) is 2. The summed E-state index contributed by atoms with van der Waals surface area (Å²) < 4.78 is 62.9. The van der Waals surface area contributed by atoms with E-state index in [-0.39, 0.29) is 75.0 Å². The first kappa shape index (κ1) is 49.5. The number of aromatic nitrogens is 2. The number of primary amides is 1. The summed E-state index contributed by atoms with van der Waals surface area (Å²) in [5.41, 5.74) is 10.3. The normalized spacial score (nSPS) is 26.4. The van der Waals surface area contributed by atoms with Crippen molar-refractivity contribution < 1.29 is 41.8 Å². The van der Waals surface area contributed by atoms with Crippen molar-refractivity contribution in [3.05, 3.63) is 93.7 Å². The number of piperazine rings is 1. The van der Waals surface area contributed by atoms with Crippen molar-refractivity contribution in [2.24, 2.45) is 17.1 Å². The van der Waals surface area contributed by atoms with Crippen LogP contribution in [0.1, 0.15) is 85.3 Å². The number of hydrogen-bond acceptors (Lipinski definition) is 16. The molecule has 13 rings (SSSR count). The Morgan fingerprint density at radius 1 is 0.882 bits per heavy atom. The van der Waals surface area contributed by atoms with Gasteiger partial charge in [0, 0.05) is 101 Å². The molecule has 402 valence electrons. The number of aromatic amines is 1. The van der Waals surface area contributed by atoms with E-state index in [1.54, 1.807) is 18.3 Å². The molecule has 8 aliphatic rings. The molecule has 0 unspecified atom stereocenters. The molecular weight excluding hydrogens is 991 g/mol. The van der Waals surface area contributed by atoms with Crippen molar-refractivity contribution in [3.8, 4) is 11.6 Å². The minimum absolute atomic E-state index is 0.0195. The van der Waals surface area contributed by atoms with Gasteiger partial charge in [0.25, 0.3) is 11.6 Å². The van der Waals surface area contributed by atoms with Gasteiger partial charge in [0.2, 0.25) is 15.7 Å². The molecule has 76 heavy (non-hydrogen) atoms. The lowest BCUT2D eigenvalue weighted by Gasteiger charge is -2.59. The summed E-state index contributed by atoms with van der Waals surface area (Å²) in [6, 6.07) is 18.8. The smallest absolute Gasteiger partial charge is 0.297 e. The molecule has 2 aromatic heterocycles. The van der Waals surface area contributed by atoms with E-state index in [1.807, 2.05) is 17.0 Å². The Bertz CT molecular complexity index is 3160. The predicted octanol–water partition coefficient (Wildman–Crippen LogP) is 7.29. The van der Waals surface area contributed by atoms with Gasteiger partial charge in [-0.15, -0.1) is 0 Å². The number of benzene rings is 3. The molecule has 1 saturated carbocycles. The SMILES string of the molecule is Cc1ccccc1[C@@H]1CN([C@H]2CCCOC2)CCN1C1CC2(CCN(c3ccc(C(N)=O)c(N4c5cc6cc[nH]c6nc5O[C@H]5COCC[C@@H]54)c3S(=O)(=O)c3cc4c(c([N+](=O)[O-])c3)N[C@H](C3CCOCC3)CO4)CC2)C1. The number of nitro benzene ring substituents is 1. The summed E-state index contributed by atoms with van der Waals surface area (Å²) in [4.78, 5) is 43.5. The topological polar surface area (TPSA) is 220 Å². The van der Waals surface area contributed by atoms with Crippen LogP contribution < -0.4 is 30.3 Å². The van der Waals surface area contributed by atoms with E-state index >= 15 is 8.42 Å². The average molecular weight is 1060 g/mol. The maximum Gasteiger partial charge on any atom is 0.297 e. The van der Waals surface area contributed by atoms with Crippen LogP contribution in [0.2, 0.25) is 0 Å². The lowest BCUT2D eigenvalue weighted by molar-refractivity contribution is -0.384. The van der Waals surface area contributed by atoms with Crippen molar-refractivity contribution in [1.29, 1.82) is 0 Å². The average Bonchev–Trinajstić information content (AvgIpc) is 4.05. The molecule has 1 spiro atoms. The molecule has 0 bridgehead atoms. The Hall–Kier alpha value is -6.03. The highest BCUT2D eigenvalue weighted by Gasteiger charge is 2.52. The highest BCUT2D eigenvalue weighted by Crippen LogP contribution is 2.56. The largest absolute Gasteiger partial charge is 0.489 e. The highest BCUT2D eigenvalue weighted by atomic mass is 32.2. The summed E-state index contributed by atoms with van der Waals surface area (Å²) >= 11 is 0. The Kier molecular flexibility index (Phi) is 12.9. The van der Waals surface area contributed by atoms with Crippen LogP contribution in [0.15, 0.2) is 76.7 Å². The first-order valence-electron chi connectivity index (χ1n) is 27.3. The van der Waals surface area contributed by atoms with Crippen LogP contribution in [0.3, 0.4) is 0 Å². The summed E-state index contributed by atoms with van der Waals surface area (Å²) in [5.74, 6) is -0.369. The van der Waals surface area contributed by atoms with Gasteiger partial charge in [0.1, 0.15) is 28.9 Å². The maximum absolute atomic E-state index is 16.2. The molecule has 19 nitrogen and oxygen atoms in total. The molecule has 7 aliphatic heterocycles. The first-order valence-corrected chi connectivity index (χ1v) is 28.8. The lowest BCUT2D eigenvalue weighted by Crippen LogP contribution is -2.61. The molecule has 5 atom stereocenters. The zero-order chi connectivity index (χ0) is 51.9. The number of H-pyrrole nitrogens is 1. The number of ether oxygens (including phenoxy) is 5. The highest BCUT2D eigenvalue weighted by molar-refractivity contribution is 7.91. The predicted molar refractivity (Wildman–Crippen MR) is 285 cm³/mol. The zero-order valence-electron chi connectivity index (χ0n) is 43.0. The van der Waals surface area contributed by atoms with Crippen molar-refractivity contribution in [2.75, 3.05) is 94.1 Å². The molecule has 20 heteroatoms. The van der Waals surface area contributed by atoms with Gasteiger partial charge in [-0.25, -0.2) is 8.42 Å². The third-order valence-electron chi connectivity index (χ3n) is 18.3. The molecule has 9 heterocycles. The van der Waals surface area contributed by atoms with E-state index in [1.165, 1.54) is 23.6 Å². The van der Waals surface area contributed by atoms with Crippen LogP contribution in [0.25, 0.3) is 11.0 Å². The number of piperidine rings is 1. The van der Waals surface area contributed by atoms with Gasteiger partial charge in [0.15, 0.2) is 11.4 Å². The Labute approximate surface area is 442 Å². The van der Waals surface area contributed by atoms with Crippen LogP contribution in [0.4, 0.5) is 28.4 Å². The lowest BCUT2D eigenvalue weighted by atomic mass is 9.59. The number of nitrogens with zero attached hydrogens (tertiary/aromatic N) is 6. The summed E-state index contributed by atoms with van der Waals surface area (Å²) in [6.45, 7) is 9.84. The molecule has 1 amide bonds. The minimum Gasteiger partial charge on any atom is -0.489 e. The van der Waals surface area contributed by atoms with E-state index in [0.717, 1.165) is 89.2 Å². The van der Waals surface area contributed by atoms with Crippen LogP contribution >= 0.6 is 0 Å². The number of hydrogen-bond donors (Lipinski definition) is 3. The molecule has 6 fully saturated rings. The molecule has 4 N–H and O–H groups in total. The molecule has 3 aromatic carbocycles. The number of pyridine rings is 1. The number of carbonyl (C=O) groups is 1.